The molecule has 2 rings (SSSR count). The van der Waals surface area contributed by atoms with Gasteiger partial charge in [0.1, 0.15) is 5.75 Å². The van der Waals surface area contributed by atoms with Crippen LogP contribution >= 0.6 is 0 Å². The van der Waals surface area contributed by atoms with E-state index in [2.05, 4.69) is 10.9 Å². The molecule has 0 unspecified atom stereocenters. The second kappa shape index (κ2) is 7.91. The van der Waals surface area contributed by atoms with Gasteiger partial charge in [0.15, 0.2) is 0 Å². The van der Waals surface area contributed by atoms with Gasteiger partial charge < -0.3 is 4.74 Å². The lowest BCUT2D eigenvalue weighted by Gasteiger charge is -2.09. The van der Waals surface area contributed by atoms with Gasteiger partial charge in [-0.2, -0.15) is 8.78 Å². The van der Waals surface area contributed by atoms with Gasteiger partial charge >= 0.3 is 5.76 Å². The van der Waals surface area contributed by atoms with Gasteiger partial charge in [0.2, 0.25) is 9.84 Å². The van der Waals surface area contributed by atoms with Crippen molar-refractivity contribution in [2.24, 2.45) is 0 Å². The van der Waals surface area contributed by atoms with Crippen LogP contribution < -0.4 is 15.6 Å². The minimum atomic E-state index is -4.73. The average Bonchev–Trinajstić information content (AvgIpc) is 2.65. The van der Waals surface area contributed by atoms with Crippen LogP contribution in [0.1, 0.15) is 20.7 Å². The van der Waals surface area contributed by atoms with Gasteiger partial charge in [-0.3, -0.25) is 20.4 Å². The molecule has 0 spiro atoms. The molecule has 0 aliphatic carbocycles. The first kappa shape index (κ1) is 19.3. The minimum Gasteiger partial charge on any atom is -0.497 e. The number of hydrazine groups is 1. The monoisotopic (exact) mass is 384 g/mol. The smallest absolute Gasteiger partial charge is 0.341 e. The van der Waals surface area contributed by atoms with Crippen molar-refractivity contribution in [3.05, 3.63) is 59.7 Å². The summed E-state index contributed by atoms with van der Waals surface area (Å²) in [6, 6.07) is 10.0. The van der Waals surface area contributed by atoms with Crippen molar-refractivity contribution < 1.29 is 31.5 Å². The molecule has 0 aliphatic heterocycles. The number of amides is 2. The summed E-state index contributed by atoms with van der Waals surface area (Å²) in [5.41, 5.74) is 4.57. The van der Waals surface area contributed by atoms with Crippen molar-refractivity contribution in [1.29, 1.82) is 0 Å². The zero-order chi connectivity index (χ0) is 19.3. The molecule has 0 radical (unpaired) electrons. The second-order valence-electron chi connectivity index (χ2n) is 4.97. The highest BCUT2D eigenvalue weighted by molar-refractivity contribution is 7.91. The van der Waals surface area contributed by atoms with Crippen molar-refractivity contribution in [1.82, 2.24) is 10.9 Å². The quantitative estimate of drug-likeness (QED) is 0.765. The number of alkyl halides is 2. The van der Waals surface area contributed by atoms with E-state index in [0.717, 1.165) is 24.3 Å². The molecule has 10 heteroatoms. The van der Waals surface area contributed by atoms with E-state index in [4.69, 9.17) is 4.74 Å². The maximum absolute atomic E-state index is 12.5. The van der Waals surface area contributed by atoms with Crippen LogP contribution in [0.15, 0.2) is 53.4 Å². The van der Waals surface area contributed by atoms with Gasteiger partial charge in [-0.15, -0.1) is 0 Å². The van der Waals surface area contributed by atoms with E-state index >= 15 is 0 Å². The Morgan fingerprint density at radius 2 is 1.31 bits per heavy atom. The number of hydrogen-bond donors (Lipinski definition) is 2. The highest BCUT2D eigenvalue weighted by atomic mass is 32.2. The molecule has 0 atom stereocenters. The number of rotatable bonds is 5. The van der Waals surface area contributed by atoms with Crippen molar-refractivity contribution >= 4 is 21.7 Å². The predicted octanol–water partition coefficient (Wildman–Crippen LogP) is 1.77. The molecule has 0 aliphatic rings. The van der Waals surface area contributed by atoms with Gasteiger partial charge in [-0.25, -0.2) is 8.42 Å². The molecular formula is C16H14F2N2O5S. The Morgan fingerprint density at radius 1 is 0.885 bits per heavy atom. The number of ether oxygens (including phenoxy) is 1. The van der Waals surface area contributed by atoms with Gasteiger partial charge in [-0.05, 0) is 48.5 Å². The number of methoxy groups -OCH3 is 1. The summed E-state index contributed by atoms with van der Waals surface area (Å²) in [6.07, 6.45) is 0. The molecule has 26 heavy (non-hydrogen) atoms. The first-order valence-corrected chi connectivity index (χ1v) is 8.67. The number of carbonyl (C=O) groups is 2. The number of carbonyl (C=O) groups excluding carboxylic acids is 2. The summed E-state index contributed by atoms with van der Waals surface area (Å²) in [7, 11) is -3.25. The fraction of sp³-hybridized carbons (Fsp3) is 0.125. The van der Waals surface area contributed by atoms with Crippen molar-refractivity contribution in [2.75, 3.05) is 7.11 Å². The summed E-state index contributed by atoms with van der Waals surface area (Å²) in [4.78, 5) is 23.2. The first-order valence-electron chi connectivity index (χ1n) is 7.12. The lowest BCUT2D eigenvalue weighted by Crippen LogP contribution is -2.41. The fourth-order valence-corrected chi connectivity index (χ4v) is 2.62. The molecule has 2 aromatic rings. The third-order valence-corrected chi connectivity index (χ3v) is 4.72. The number of benzene rings is 2. The molecule has 0 fully saturated rings. The lowest BCUT2D eigenvalue weighted by atomic mass is 10.2. The van der Waals surface area contributed by atoms with Crippen molar-refractivity contribution in [2.45, 2.75) is 10.7 Å². The highest BCUT2D eigenvalue weighted by Gasteiger charge is 2.26. The van der Waals surface area contributed by atoms with Crippen molar-refractivity contribution in [3.8, 4) is 5.75 Å². The van der Waals surface area contributed by atoms with Crippen LogP contribution in [-0.4, -0.2) is 33.1 Å². The molecule has 138 valence electrons. The van der Waals surface area contributed by atoms with Crippen LogP contribution in [0.3, 0.4) is 0 Å². The topological polar surface area (TPSA) is 102 Å². The Balaban J connectivity index is 2.00. The first-order chi connectivity index (χ1) is 12.3. The maximum Gasteiger partial charge on any atom is 0.341 e. The zero-order valence-corrected chi connectivity index (χ0v) is 14.2. The Kier molecular flexibility index (Phi) is 5.88. The molecule has 2 aromatic carbocycles. The molecule has 0 heterocycles. The number of sulfone groups is 1. The summed E-state index contributed by atoms with van der Waals surface area (Å²) < 4.78 is 52.5. The fourth-order valence-electron chi connectivity index (χ4n) is 1.90. The van der Waals surface area contributed by atoms with E-state index < -0.39 is 32.3 Å². The van der Waals surface area contributed by atoms with Crippen LogP contribution in [0.4, 0.5) is 8.78 Å². The lowest BCUT2D eigenvalue weighted by molar-refractivity contribution is 0.0846. The van der Waals surface area contributed by atoms with E-state index in [-0.39, 0.29) is 11.1 Å². The summed E-state index contributed by atoms with van der Waals surface area (Å²) in [5.74, 6) is -4.32. The molecule has 0 saturated heterocycles. The van der Waals surface area contributed by atoms with E-state index in [1.54, 1.807) is 12.1 Å². The van der Waals surface area contributed by atoms with Crippen LogP contribution in [0.5, 0.6) is 5.75 Å². The SMILES string of the molecule is COc1ccc(C(=O)NNC(=O)c2ccc(S(=O)(=O)C(F)F)cc2)cc1. The molecule has 0 aromatic heterocycles. The molecular weight excluding hydrogens is 370 g/mol. The van der Waals surface area contributed by atoms with Crippen molar-refractivity contribution in [3.63, 3.8) is 0 Å². The Bertz CT molecular complexity index is 897. The Hall–Kier alpha value is -3.01. The average molecular weight is 384 g/mol. The second-order valence-corrected chi connectivity index (χ2v) is 6.88. The van der Waals surface area contributed by atoms with Gasteiger partial charge in [0, 0.05) is 11.1 Å². The summed E-state index contributed by atoms with van der Waals surface area (Å²) in [5, 5.41) is 0. The maximum atomic E-state index is 12.5. The van der Waals surface area contributed by atoms with Crippen LogP contribution in [0.2, 0.25) is 0 Å². The Morgan fingerprint density at radius 3 is 1.69 bits per heavy atom. The standard InChI is InChI=1S/C16H14F2N2O5S/c1-25-12-6-2-10(3-7-12)14(21)19-20-15(22)11-4-8-13(9-5-11)26(23,24)16(17)18/h2-9,16H,1H3,(H,19,21)(H,20,22). The highest BCUT2D eigenvalue weighted by Crippen LogP contribution is 2.18. The largest absolute Gasteiger partial charge is 0.497 e. The summed E-state index contributed by atoms with van der Waals surface area (Å²) >= 11 is 0. The number of nitrogens with one attached hydrogen (secondary N) is 2. The van der Waals surface area contributed by atoms with Crippen LogP contribution in [0, 0.1) is 0 Å². The number of halogens is 2. The van der Waals surface area contributed by atoms with E-state index in [9.17, 15) is 26.8 Å². The molecule has 2 N–H and O–H groups in total. The third-order valence-electron chi connectivity index (χ3n) is 3.32. The van der Waals surface area contributed by atoms with Gasteiger partial charge in [0.25, 0.3) is 11.8 Å². The number of hydrogen-bond acceptors (Lipinski definition) is 5. The predicted molar refractivity (Wildman–Crippen MR) is 87.6 cm³/mol. The van der Waals surface area contributed by atoms with Gasteiger partial charge in [0.05, 0.1) is 12.0 Å². The van der Waals surface area contributed by atoms with E-state index in [1.807, 2.05) is 0 Å². The molecule has 0 saturated carbocycles. The molecule has 0 bridgehead atoms. The van der Waals surface area contributed by atoms with Crippen LogP contribution in [-0.2, 0) is 9.84 Å². The van der Waals surface area contributed by atoms with E-state index in [0.29, 0.717) is 5.75 Å². The molecule has 7 nitrogen and oxygen atoms in total. The van der Waals surface area contributed by atoms with Gasteiger partial charge in [-0.1, -0.05) is 0 Å². The molecule has 2 amide bonds. The summed E-state index contributed by atoms with van der Waals surface area (Å²) in [6.45, 7) is 0. The van der Waals surface area contributed by atoms with E-state index in [1.165, 1.54) is 19.2 Å². The normalized spacial score (nSPS) is 11.1. The Labute approximate surface area is 147 Å². The minimum absolute atomic E-state index is 0.0201. The van der Waals surface area contributed by atoms with Crippen LogP contribution in [0.25, 0.3) is 0 Å². The third kappa shape index (κ3) is 4.33. The zero-order valence-electron chi connectivity index (χ0n) is 13.4.